The van der Waals surface area contributed by atoms with E-state index in [4.69, 9.17) is 0 Å². The molecule has 1 aromatic carbocycles. The predicted octanol–water partition coefficient (Wildman–Crippen LogP) is 4.13. The molecule has 0 amide bonds. The number of aryl methyl sites for hydroxylation is 1. The van der Waals surface area contributed by atoms with E-state index >= 15 is 0 Å². The molecule has 3 nitrogen and oxygen atoms in total. The minimum Gasteiger partial charge on any atom is -0.314 e. The smallest absolute Gasteiger partial charge is 0.268 e. The summed E-state index contributed by atoms with van der Waals surface area (Å²) >= 11 is 0. The van der Waals surface area contributed by atoms with Crippen molar-refractivity contribution in [1.82, 2.24) is 4.57 Å². The molecule has 0 aliphatic carbocycles. The van der Waals surface area contributed by atoms with E-state index in [2.05, 4.69) is 26.8 Å². The first-order chi connectivity index (χ1) is 10.3. The van der Waals surface area contributed by atoms with E-state index in [0.29, 0.717) is 6.54 Å². The number of aromatic nitrogens is 1. The molecule has 1 aromatic heterocycles. The van der Waals surface area contributed by atoms with Crippen LogP contribution in [0.2, 0.25) is 0 Å². The molecule has 1 heterocycles. The van der Waals surface area contributed by atoms with Crippen LogP contribution < -0.4 is 5.56 Å². The Hall–Kier alpha value is -2.34. The number of hydrogen-bond acceptors (Lipinski definition) is 2. The molecule has 2 rings (SSSR count). The van der Waals surface area contributed by atoms with Crippen LogP contribution in [0.15, 0.2) is 41.3 Å². The van der Waals surface area contributed by atoms with Gasteiger partial charge in [-0.05, 0) is 29.9 Å². The maximum atomic E-state index is 12.5. The van der Waals surface area contributed by atoms with Gasteiger partial charge in [0.2, 0.25) is 0 Å². The fourth-order valence-electron chi connectivity index (χ4n) is 2.41. The van der Waals surface area contributed by atoms with Gasteiger partial charge >= 0.3 is 0 Å². The lowest BCUT2D eigenvalue weighted by atomic mass is 9.92. The molecule has 0 fully saturated rings. The predicted molar refractivity (Wildman–Crippen MR) is 89.7 cm³/mol. The first-order valence-electron chi connectivity index (χ1n) is 7.53. The van der Waals surface area contributed by atoms with Crippen LogP contribution in [0.4, 0.5) is 0 Å². The van der Waals surface area contributed by atoms with E-state index < -0.39 is 0 Å². The van der Waals surface area contributed by atoms with Crippen molar-refractivity contribution in [1.29, 1.82) is 5.26 Å². The quantitative estimate of drug-likeness (QED) is 0.854. The summed E-state index contributed by atoms with van der Waals surface area (Å²) in [7, 11) is 0. The van der Waals surface area contributed by atoms with Gasteiger partial charge in [-0.15, -0.1) is 0 Å². The highest BCUT2D eigenvalue weighted by Crippen LogP contribution is 2.25. The standard InChI is InChI=1S/C19H22N2O/c1-14-16(12-20)18(22)21(11-10-19(2,3)4)13-17(14)15-8-6-5-7-9-15/h5-9,13H,10-11H2,1-4H3. The molecule has 0 unspecified atom stereocenters. The van der Waals surface area contributed by atoms with E-state index in [1.807, 2.05) is 43.5 Å². The Kier molecular flexibility index (Phi) is 4.51. The van der Waals surface area contributed by atoms with Crippen LogP contribution in [0, 0.1) is 23.7 Å². The number of nitrogens with zero attached hydrogens (tertiary/aromatic N) is 2. The Bertz CT molecular complexity index is 759. The molecule has 3 heteroatoms. The SMILES string of the molecule is Cc1c(-c2ccccc2)cn(CCC(C)(C)C)c(=O)c1C#N. The summed E-state index contributed by atoms with van der Waals surface area (Å²) in [5.41, 5.74) is 2.93. The first kappa shape index (κ1) is 16.0. The van der Waals surface area contributed by atoms with Gasteiger partial charge in [0.1, 0.15) is 11.6 Å². The molecular weight excluding hydrogens is 272 g/mol. The third kappa shape index (κ3) is 3.46. The maximum Gasteiger partial charge on any atom is 0.268 e. The van der Waals surface area contributed by atoms with Crippen LogP contribution in [0.25, 0.3) is 11.1 Å². The number of rotatable bonds is 3. The second kappa shape index (κ2) is 6.19. The van der Waals surface area contributed by atoms with Crippen molar-refractivity contribution in [2.45, 2.75) is 40.7 Å². The van der Waals surface area contributed by atoms with E-state index in [1.54, 1.807) is 4.57 Å². The van der Waals surface area contributed by atoms with Crippen molar-refractivity contribution >= 4 is 0 Å². The first-order valence-corrected chi connectivity index (χ1v) is 7.53. The molecule has 0 spiro atoms. The fraction of sp³-hybridized carbons (Fsp3) is 0.368. The second-order valence-corrected chi connectivity index (χ2v) is 6.83. The largest absolute Gasteiger partial charge is 0.314 e. The summed E-state index contributed by atoms with van der Waals surface area (Å²) in [5.74, 6) is 0. The van der Waals surface area contributed by atoms with Crippen LogP contribution in [0.3, 0.4) is 0 Å². The Morgan fingerprint density at radius 3 is 2.36 bits per heavy atom. The average molecular weight is 294 g/mol. The zero-order valence-electron chi connectivity index (χ0n) is 13.7. The lowest BCUT2D eigenvalue weighted by Gasteiger charge is -2.20. The lowest BCUT2D eigenvalue weighted by molar-refractivity contribution is 0.348. The van der Waals surface area contributed by atoms with Crippen LogP contribution >= 0.6 is 0 Å². The van der Waals surface area contributed by atoms with Gasteiger partial charge in [-0.1, -0.05) is 51.1 Å². The van der Waals surface area contributed by atoms with E-state index in [-0.39, 0.29) is 16.5 Å². The topological polar surface area (TPSA) is 45.8 Å². The highest BCUT2D eigenvalue weighted by atomic mass is 16.1. The number of nitriles is 1. The summed E-state index contributed by atoms with van der Waals surface area (Å²) in [6.45, 7) is 8.91. The van der Waals surface area contributed by atoms with Gasteiger partial charge in [0.05, 0.1) is 0 Å². The monoisotopic (exact) mass is 294 g/mol. The maximum absolute atomic E-state index is 12.5. The third-order valence-corrected chi connectivity index (χ3v) is 3.84. The van der Waals surface area contributed by atoms with Crippen molar-refractivity contribution in [3.8, 4) is 17.2 Å². The Morgan fingerprint density at radius 1 is 1.18 bits per heavy atom. The molecule has 0 aliphatic rings. The highest BCUT2D eigenvalue weighted by molar-refractivity contribution is 5.68. The molecule has 0 aliphatic heterocycles. The number of hydrogen-bond donors (Lipinski definition) is 0. The summed E-state index contributed by atoms with van der Waals surface area (Å²) in [4.78, 5) is 12.5. The molecule has 22 heavy (non-hydrogen) atoms. The Labute approximate surface area is 131 Å². The van der Waals surface area contributed by atoms with E-state index in [9.17, 15) is 10.1 Å². The minimum absolute atomic E-state index is 0.143. The molecule has 0 bridgehead atoms. The fourth-order valence-corrected chi connectivity index (χ4v) is 2.41. The van der Waals surface area contributed by atoms with Crippen molar-refractivity contribution in [3.63, 3.8) is 0 Å². The van der Waals surface area contributed by atoms with Gasteiger partial charge in [0.25, 0.3) is 5.56 Å². The van der Waals surface area contributed by atoms with Crippen molar-refractivity contribution in [3.05, 3.63) is 58.0 Å². The van der Waals surface area contributed by atoms with Crippen LogP contribution in [0.5, 0.6) is 0 Å². The lowest BCUT2D eigenvalue weighted by Crippen LogP contribution is -2.25. The van der Waals surface area contributed by atoms with Crippen LogP contribution in [-0.2, 0) is 6.54 Å². The molecule has 0 saturated heterocycles. The Morgan fingerprint density at radius 2 is 1.82 bits per heavy atom. The zero-order valence-corrected chi connectivity index (χ0v) is 13.7. The third-order valence-electron chi connectivity index (χ3n) is 3.84. The van der Waals surface area contributed by atoms with Gasteiger partial charge in [-0.2, -0.15) is 5.26 Å². The normalized spacial score (nSPS) is 11.2. The second-order valence-electron chi connectivity index (χ2n) is 6.83. The molecule has 0 N–H and O–H groups in total. The van der Waals surface area contributed by atoms with E-state index in [1.165, 1.54) is 0 Å². The number of benzene rings is 1. The van der Waals surface area contributed by atoms with Gasteiger partial charge in [-0.25, -0.2) is 0 Å². The molecule has 0 radical (unpaired) electrons. The number of pyridine rings is 1. The molecule has 0 atom stereocenters. The zero-order chi connectivity index (χ0) is 16.3. The highest BCUT2D eigenvalue weighted by Gasteiger charge is 2.16. The van der Waals surface area contributed by atoms with Crippen molar-refractivity contribution in [2.75, 3.05) is 0 Å². The summed E-state index contributed by atoms with van der Waals surface area (Å²) in [6.07, 6.45) is 2.77. The molecular formula is C19H22N2O. The van der Waals surface area contributed by atoms with Gasteiger partial charge in [-0.3, -0.25) is 4.79 Å². The van der Waals surface area contributed by atoms with Crippen molar-refractivity contribution < 1.29 is 0 Å². The van der Waals surface area contributed by atoms with Gasteiger partial charge in [0.15, 0.2) is 0 Å². The molecule has 2 aromatic rings. The minimum atomic E-state index is -0.191. The summed E-state index contributed by atoms with van der Waals surface area (Å²) in [5, 5.41) is 9.36. The van der Waals surface area contributed by atoms with Crippen molar-refractivity contribution in [2.24, 2.45) is 5.41 Å². The summed E-state index contributed by atoms with van der Waals surface area (Å²) < 4.78 is 1.68. The van der Waals surface area contributed by atoms with Gasteiger partial charge < -0.3 is 4.57 Å². The molecule has 0 saturated carbocycles. The average Bonchev–Trinajstić information content (AvgIpc) is 2.47. The Balaban J connectivity index is 2.57. The van der Waals surface area contributed by atoms with Gasteiger partial charge in [0, 0.05) is 18.3 Å². The molecule has 114 valence electrons. The van der Waals surface area contributed by atoms with Crippen LogP contribution in [-0.4, -0.2) is 4.57 Å². The summed E-state index contributed by atoms with van der Waals surface area (Å²) in [6, 6.07) is 12.0. The van der Waals surface area contributed by atoms with Crippen LogP contribution in [0.1, 0.15) is 38.3 Å². The van der Waals surface area contributed by atoms with E-state index in [0.717, 1.165) is 23.1 Å².